The van der Waals surface area contributed by atoms with E-state index in [0.29, 0.717) is 10.6 Å². The first-order chi connectivity index (χ1) is 15.9. The lowest BCUT2D eigenvalue weighted by Gasteiger charge is -2.21. The molecule has 0 radical (unpaired) electrons. The molecule has 4 aromatic rings. The van der Waals surface area contributed by atoms with E-state index in [9.17, 15) is 32.3 Å². The molecule has 174 valence electrons. The predicted molar refractivity (Wildman–Crippen MR) is 117 cm³/mol. The van der Waals surface area contributed by atoms with Gasteiger partial charge >= 0.3 is 11.8 Å². The van der Waals surface area contributed by atoms with E-state index in [1.165, 1.54) is 34.9 Å². The molecule has 0 saturated heterocycles. The molecule has 3 heterocycles. The van der Waals surface area contributed by atoms with Crippen molar-refractivity contribution in [3.63, 3.8) is 0 Å². The summed E-state index contributed by atoms with van der Waals surface area (Å²) in [5.74, 6) is -1.19. The van der Waals surface area contributed by atoms with Crippen LogP contribution in [0.3, 0.4) is 0 Å². The predicted octanol–water partition coefficient (Wildman–Crippen LogP) is 5.60. The van der Waals surface area contributed by atoms with Gasteiger partial charge in [0.1, 0.15) is 21.7 Å². The Morgan fingerprint density at radius 1 is 1.06 bits per heavy atom. The van der Waals surface area contributed by atoms with Gasteiger partial charge in [0.25, 0.3) is 5.56 Å². The van der Waals surface area contributed by atoms with Crippen molar-refractivity contribution in [2.75, 3.05) is 0 Å². The maximum Gasteiger partial charge on any atom is 0.416 e. The van der Waals surface area contributed by atoms with Gasteiger partial charge in [-0.1, -0.05) is 31.7 Å². The van der Waals surface area contributed by atoms with Crippen molar-refractivity contribution in [1.29, 1.82) is 0 Å². The van der Waals surface area contributed by atoms with E-state index in [2.05, 4.69) is 0 Å². The molecule has 0 bridgehead atoms. The Balaban J connectivity index is 1.77. The zero-order chi connectivity index (χ0) is 24.6. The highest BCUT2D eigenvalue weighted by atomic mass is 32.2. The molecule has 34 heavy (non-hydrogen) atoms. The number of nitrogens with zero attached hydrogens (tertiary/aromatic N) is 1. The standard InChI is InChI=1S/C24H15F4NO4S/c1-23(2)14-8-11(24(26,27)28)6-7-15(14)29-17(23)10-16-18(21(29)31)19(30)20(22(32)33-16)34-13-5-3-4-12(25)9-13/h3-10,30H,1-2H3. The van der Waals surface area contributed by atoms with Crippen LogP contribution >= 0.6 is 11.8 Å². The first-order valence-corrected chi connectivity index (χ1v) is 10.8. The number of hydrogen-bond donors (Lipinski definition) is 1. The second-order valence-corrected chi connectivity index (χ2v) is 9.47. The fourth-order valence-corrected chi connectivity index (χ4v) is 5.10. The third-order valence-electron chi connectivity index (χ3n) is 5.91. The summed E-state index contributed by atoms with van der Waals surface area (Å²) in [5.41, 5.74) is -2.93. The lowest BCUT2D eigenvalue weighted by molar-refractivity contribution is -0.137. The van der Waals surface area contributed by atoms with E-state index in [4.69, 9.17) is 4.42 Å². The van der Waals surface area contributed by atoms with Gasteiger partial charge in [-0.3, -0.25) is 9.36 Å². The van der Waals surface area contributed by atoms with E-state index in [1.54, 1.807) is 13.8 Å². The summed E-state index contributed by atoms with van der Waals surface area (Å²) in [6.07, 6.45) is -4.57. The fourth-order valence-electron chi connectivity index (χ4n) is 4.23. The van der Waals surface area contributed by atoms with Gasteiger partial charge in [-0.2, -0.15) is 13.2 Å². The van der Waals surface area contributed by atoms with E-state index in [0.717, 1.165) is 30.0 Å². The van der Waals surface area contributed by atoms with Crippen LogP contribution in [0.25, 0.3) is 16.7 Å². The van der Waals surface area contributed by atoms with E-state index in [-0.39, 0.29) is 27.1 Å². The molecule has 0 unspecified atom stereocenters. The van der Waals surface area contributed by atoms with E-state index in [1.807, 2.05) is 0 Å². The number of alkyl halides is 3. The normalized spacial score (nSPS) is 14.3. The van der Waals surface area contributed by atoms with E-state index >= 15 is 0 Å². The zero-order valence-electron chi connectivity index (χ0n) is 17.7. The zero-order valence-corrected chi connectivity index (χ0v) is 18.5. The van der Waals surface area contributed by atoms with Crippen LogP contribution in [-0.4, -0.2) is 9.67 Å². The van der Waals surface area contributed by atoms with Crippen molar-refractivity contribution in [2.45, 2.75) is 35.2 Å². The second-order valence-electron chi connectivity index (χ2n) is 8.39. The molecule has 2 aromatic heterocycles. The molecule has 5 nitrogen and oxygen atoms in total. The Bertz CT molecular complexity index is 1620. The van der Waals surface area contributed by atoms with Crippen molar-refractivity contribution in [3.8, 4) is 11.4 Å². The quantitative estimate of drug-likeness (QED) is 0.371. The molecular weight excluding hydrogens is 474 g/mol. The summed E-state index contributed by atoms with van der Waals surface area (Å²) in [6, 6.07) is 9.78. The third-order valence-corrected chi connectivity index (χ3v) is 6.96. The van der Waals surface area contributed by atoms with Crippen LogP contribution < -0.4 is 11.2 Å². The lowest BCUT2D eigenvalue weighted by atomic mass is 9.82. The summed E-state index contributed by atoms with van der Waals surface area (Å²) < 4.78 is 60.0. The highest BCUT2D eigenvalue weighted by Gasteiger charge is 2.41. The summed E-state index contributed by atoms with van der Waals surface area (Å²) in [7, 11) is 0. The molecular formula is C24H15F4NO4S. The maximum atomic E-state index is 13.6. The first kappa shape index (κ1) is 22.3. The molecule has 0 spiro atoms. The minimum atomic E-state index is -4.57. The van der Waals surface area contributed by atoms with Crippen molar-refractivity contribution in [2.24, 2.45) is 0 Å². The highest BCUT2D eigenvalue weighted by Crippen LogP contribution is 2.45. The minimum Gasteiger partial charge on any atom is -0.505 e. The molecule has 1 aliphatic heterocycles. The van der Waals surface area contributed by atoms with Gasteiger partial charge in [-0.25, -0.2) is 9.18 Å². The van der Waals surface area contributed by atoms with Crippen LogP contribution in [0.4, 0.5) is 17.6 Å². The number of hydrogen-bond acceptors (Lipinski definition) is 5. The maximum absolute atomic E-state index is 13.6. The van der Waals surface area contributed by atoms with E-state index < -0.39 is 39.9 Å². The van der Waals surface area contributed by atoms with Gasteiger partial charge in [0, 0.05) is 22.1 Å². The first-order valence-electron chi connectivity index (χ1n) is 10.0. The number of benzene rings is 2. The Labute approximate surface area is 193 Å². The number of aromatic hydroxyl groups is 1. The number of halogens is 4. The van der Waals surface area contributed by atoms with Crippen LogP contribution in [0.15, 0.2) is 72.3 Å². The third kappa shape index (κ3) is 3.24. The van der Waals surface area contributed by atoms with Gasteiger partial charge in [-0.05, 0) is 42.0 Å². The summed E-state index contributed by atoms with van der Waals surface area (Å²) in [4.78, 5) is 26.1. The number of fused-ring (bicyclic) bond motifs is 4. The Morgan fingerprint density at radius 2 is 1.79 bits per heavy atom. The number of pyridine rings is 1. The van der Waals surface area contributed by atoms with Crippen molar-refractivity contribution >= 4 is 22.7 Å². The Kier molecular flexibility index (Phi) is 4.74. The van der Waals surface area contributed by atoms with Crippen molar-refractivity contribution in [1.82, 2.24) is 4.57 Å². The van der Waals surface area contributed by atoms with Crippen LogP contribution in [0.1, 0.15) is 30.7 Å². The summed E-state index contributed by atoms with van der Waals surface area (Å²) >= 11 is 0.733. The molecule has 0 atom stereocenters. The SMILES string of the molecule is CC1(C)c2cc(C(F)(F)F)ccc2-n2c1cc1oc(=O)c(Sc3cccc(F)c3)c(O)c1c2=O. The second kappa shape index (κ2) is 7.23. The van der Waals surface area contributed by atoms with Crippen molar-refractivity contribution < 1.29 is 27.1 Å². The van der Waals surface area contributed by atoms with Crippen LogP contribution in [0.5, 0.6) is 5.75 Å². The monoisotopic (exact) mass is 489 g/mol. The van der Waals surface area contributed by atoms with Gasteiger partial charge in [-0.15, -0.1) is 0 Å². The van der Waals surface area contributed by atoms with Crippen LogP contribution in [-0.2, 0) is 11.6 Å². The molecule has 0 amide bonds. The molecule has 5 rings (SSSR count). The van der Waals surface area contributed by atoms with Gasteiger partial charge in [0.15, 0.2) is 5.75 Å². The van der Waals surface area contributed by atoms with Crippen molar-refractivity contribution in [3.05, 3.63) is 91.9 Å². The fraction of sp³-hybridized carbons (Fsp3) is 0.167. The molecule has 1 aliphatic rings. The average molecular weight is 489 g/mol. The molecule has 0 fully saturated rings. The Morgan fingerprint density at radius 3 is 2.47 bits per heavy atom. The van der Waals surface area contributed by atoms with Gasteiger partial charge in [0.05, 0.1) is 11.3 Å². The number of rotatable bonds is 2. The largest absolute Gasteiger partial charge is 0.505 e. The molecule has 10 heteroatoms. The smallest absolute Gasteiger partial charge is 0.416 e. The average Bonchev–Trinajstić information content (AvgIpc) is 2.97. The molecule has 2 aromatic carbocycles. The lowest BCUT2D eigenvalue weighted by Crippen LogP contribution is -2.24. The highest BCUT2D eigenvalue weighted by molar-refractivity contribution is 7.99. The van der Waals surface area contributed by atoms with Gasteiger partial charge in [0.2, 0.25) is 0 Å². The summed E-state index contributed by atoms with van der Waals surface area (Å²) in [5, 5.41) is 10.6. The van der Waals surface area contributed by atoms with Crippen LogP contribution in [0.2, 0.25) is 0 Å². The van der Waals surface area contributed by atoms with Gasteiger partial charge < -0.3 is 9.52 Å². The topological polar surface area (TPSA) is 72.4 Å². The Hall–Kier alpha value is -3.53. The molecule has 0 aliphatic carbocycles. The number of aromatic nitrogens is 1. The molecule has 1 N–H and O–H groups in total. The van der Waals surface area contributed by atoms with Crippen LogP contribution in [0, 0.1) is 5.82 Å². The molecule has 0 saturated carbocycles. The minimum absolute atomic E-state index is 0.195. The summed E-state index contributed by atoms with van der Waals surface area (Å²) in [6.45, 7) is 3.31.